The standard InChI is InChI=1S/C14H15FN4O/c15-12-6-9(7-16)3-4-10(12)8-19-14-11(13(17)20)2-1-5-18-14/h1-6H,7-8,16H2,(H2,17,20)(H,18,19). The molecule has 2 rings (SSSR count). The number of hydrogen-bond donors (Lipinski definition) is 3. The number of primary amides is 1. The molecule has 0 atom stereocenters. The number of pyridine rings is 1. The molecule has 5 nitrogen and oxygen atoms in total. The number of nitrogens with zero attached hydrogens (tertiary/aromatic N) is 1. The van der Waals surface area contributed by atoms with Crippen molar-refractivity contribution in [1.82, 2.24) is 4.98 Å². The van der Waals surface area contributed by atoms with Crippen molar-refractivity contribution in [2.24, 2.45) is 11.5 Å². The predicted octanol–water partition coefficient (Wildman–Crippen LogP) is 1.39. The van der Waals surface area contributed by atoms with E-state index in [1.165, 1.54) is 12.3 Å². The Morgan fingerprint density at radius 2 is 2.15 bits per heavy atom. The number of carbonyl (C=O) groups is 1. The lowest BCUT2D eigenvalue weighted by molar-refractivity contribution is 0.100. The molecular formula is C14H15FN4O. The Bertz CT molecular complexity index is 630. The molecule has 0 aliphatic carbocycles. The number of rotatable bonds is 5. The van der Waals surface area contributed by atoms with Gasteiger partial charge in [-0.25, -0.2) is 9.37 Å². The van der Waals surface area contributed by atoms with Gasteiger partial charge in [-0.2, -0.15) is 0 Å². The molecular weight excluding hydrogens is 259 g/mol. The van der Waals surface area contributed by atoms with Crippen LogP contribution in [0.5, 0.6) is 0 Å². The van der Waals surface area contributed by atoms with Crippen molar-refractivity contribution in [1.29, 1.82) is 0 Å². The van der Waals surface area contributed by atoms with Gasteiger partial charge in [0, 0.05) is 24.8 Å². The third kappa shape index (κ3) is 3.10. The number of halogens is 1. The molecule has 20 heavy (non-hydrogen) atoms. The van der Waals surface area contributed by atoms with E-state index in [9.17, 15) is 9.18 Å². The van der Waals surface area contributed by atoms with Crippen LogP contribution in [0.2, 0.25) is 0 Å². The molecule has 0 aliphatic rings. The van der Waals surface area contributed by atoms with E-state index in [4.69, 9.17) is 11.5 Å². The predicted molar refractivity (Wildman–Crippen MR) is 74.4 cm³/mol. The molecule has 0 saturated heterocycles. The quantitative estimate of drug-likeness (QED) is 0.768. The molecule has 1 aromatic heterocycles. The van der Waals surface area contributed by atoms with Crippen molar-refractivity contribution in [2.45, 2.75) is 13.1 Å². The molecule has 0 aliphatic heterocycles. The maximum absolute atomic E-state index is 13.8. The van der Waals surface area contributed by atoms with Crippen molar-refractivity contribution < 1.29 is 9.18 Å². The molecule has 1 aromatic carbocycles. The van der Waals surface area contributed by atoms with Gasteiger partial charge in [-0.3, -0.25) is 4.79 Å². The molecule has 6 heteroatoms. The summed E-state index contributed by atoms with van der Waals surface area (Å²) in [6, 6.07) is 7.97. The molecule has 0 saturated carbocycles. The van der Waals surface area contributed by atoms with Crippen LogP contribution >= 0.6 is 0 Å². The second-order valence-electron chi connectivity index (χ2n) is 4.25. The molecule has 5 N–H and O–H groups in total. The third-order valence-electron chi connectivity index (χ3n) is 2.87. The van der Waals surface area contributed by atoms with Crippen molar-refractivity contribution in [2.75, 3.05) is 5.32 Å². The van der Waals surface area contributed by atoms with Crippen LogP contribution in [0.25, 0.3) is 0 Å². The Morgan fingerprint density at radius 1 is 1.35 bits per heavy atom. The fraction of sp³-hybridized carbons (Fsp3) is 0.143. The molecule has 0 fully saturated rings. The lowest BCUT2D eigenvalue weighted by Gasteiger charge is -2.10. The summed E-state index contributed by atoms with van der Waals surface area (Å²) in [7, 11) is 0. The van der Waals surface area contributed by atoms with Gasteiger partial charge in [-0.15, -0.1) is 0 Å². The highest BCUT2D eigenvalue weighted by molar-refractivity contribution is 5.97. The van der Waals surface area contributed by atoms with Crippen LogP contribution in [0.3, 0.4) is 0 Å². The summed E-state index contributed by atoms with van der Waals surface area (Å²) < 4.78 is 13.8. The number of anilines is 1. The van der Waals surface area contributed by atoms with Crippen molar-refractivity contribution in [3.63, 3.8) is 0 Å². The highest BCUT2D eigenvalue weighted by atomic mass is 19.1. The number of benzene rings is 1. The lowest BCUT2D eigenvalue weighted by Crippen LogP contribution is -2.15. The van der Waals surface area contributed by atoms with Crippen LogP contribution in [-0.2, 0) is 13.1 Å². The Balaban J connectivity index is 2.15. The van der Waals surface area contributed by atoms with Gasteiger partial charge in [0.05, 0.1) is 5.56 Å². The van der Waals surface area contributed by atoms with Crippen LogP contribution in [0.1, 0.15) is 21.5 Å². The van der Waals surface area contributed by atoms with Crippen molar-refractivity contribution >= 4 is 11.7 Å². The van der Waals surface area contributed by atoms with Crippen LogP contribution < -0.4 is 16.8 Å². The maximum atomic E-state index is 13.8. The highest BCUT2D eigenvalue weighted by Crippen LogP contribution is 2.15. The number of carbonyl (C=O) groups excluding carboxylic acids is 1. The highest BCUT2D eigenvalue weighted by Gasteiger charge is 2.09. The lowest BCUT2D eigenvalue weighted by atomic mass is 10.1. The monoisotopic (exact) mass is 274 g/mol. The number of hydrogen-bond acceptors (Lipinski definition) is 4. The van der Waals surface area contributed by atoms with Crippen LogP contribution in [0.15, 0.2) is 36.5 Å². The normalized spacial score (nSPS) is 10.3. The zero-order chi connectivity index (χ0) is 14.5. The molecule has 2 aromatic rings. The first-order valence-electron chi connectivity index (χ1n) is 6.08. The van der Waals surface area contributed by atoms with Gasteiger partial charge in [0.25, 0.3) is 5.91 Å². The molecule has 1 amide bonds. The zero-order valence-electron chi connectivity index (χ0n) is 10.8. The van der Waals surface area contributed by atoms with E-state index < -0.39 is 5.91 Å². The zero-order valence-corrected chi connectivity index (χ0v) is 10.8. The van der Waals surface area contributed by atoms with E-state index in [2.05, 4.69) is 10.3 Å². The molecule has 0 bridgehead atoms. The van der Waals surface area contributed by atoms with Gasteiger partial charge in [-0.1, -0.05) is 12.1 Å². The van der Waals surface area contributed by atoms with Gasteiger partial charge in [0.2, 0.25) is 0 Å². The largest absolute Gasteiger partial charge is 0.365 e. The Labute approximate surface area is 115 Å². The average Bonchev–Trinajstić information content (AvgIpc) is 2.46. The van der Waals surface area contributed by atoms with Gasteiger partial charge in [0.15, 0.2) is 0 Å². The maximum Gasteiger partial charge on any atom is 0.252 e. The summed E-state index contributed by atoms with van der Waals surface area (Å²) in [4.78, 5) is 15.3. The van der Waals surface area contributed by atoms with E-state index >= 15 is 0 Å². The third-order valence-corrected chi connectivity index (χ3v) is 2.87. The second-order valence-corrected chi connectivity index (χ2v) is 4.25. The Kier molecular flexibility index (Phi) is 4.27. The first-order valence-corrected chi connectivity index (χ1v) is 6.08. The molecule has 1 heterocycles. The van der Waals surface area contributed by atoms with Gasteiger partial charge in [0.1, 0.15) is 11.6 Å². The smallest absolute Gasteiger partial charge is 0.252 e. The first kappa shape index (κ1) is 14.0. The minimum absolute atomic E-state index is 0.202. The van der Waals surface area contributed by atoms with Crippen LogP contribution in [0.4, 0.5) is 10.2 Å². The second kappa shape index (κ2) is 6.12. The van der Waals surface area contributed by atoms with Gasteiger partial charge in [-0.05, 0) is 23.8 Å². The Hall–Kier alpha value is -2.47. The number of nitrogens with two attached hydrogens (primary N) is 2. The van der Waals surface area contributed by atoms with Crippen LogP contribution in [-0.4, -0.2) is 10.9 Å². The van der Waals surface area contributed by atoms with Crippen LogP contribution in [0, 0.1) is 5.82 Å². The van der Waals surface area contributed by atoms with E-state index in [1.807, 2.05) is 0 Å². The van der Waals surface area contributed by atoms with Crippen molar-refractivity contribution in [3.8, 4) is 0 Å². The molecule has 0 spiro atoms. The topological polar surface area (TPSA) is 94.0 Å². The summed E-state index contributed by atoms with van der Waals surface area (Å²) >= 11 is 0. The van der Waals surface area contributed by atoms with Gasteiger partial charge < -0.3 is 16.8 Å². The van der Waals surface area contributed by atoms with E-state index in [0.717, 1.165) is 5.56 Å². The van der Waals surface area contributed by atoms with E-state index in [1.54, 1.807) is 24.3 Å². The van der Waals surface area contributed by atoms with Crippen molar-refractivity contribution in [3.05, 3.63) is 59.0 Å². The molecule has 0 radical (unpaired) electrons. The van der Waals surface area contributed by atoms with E-state index in [-0.39, 0.29) is 24.5 Å². The average molecular weight is 274 g/mol. The number of amides is 1. The SMILES string of the molecule is NCc1ccc(CNc2ncccc2C(N)=O)c(F)c1. The van der Waals surface area contributed by atoms with E-state index in [0.29, 0.717) is 11.4 Å². The summed E-state index contributed by atoms with van der Waals surface area (Å²) in [5, 5.41) is 2.91. The fourth-order valence-electron chi connectivity index (χ4n) is 1.79. The van der Waals surface area contributed by atoms with Gasteiger partial charge >= 0.3 is 0 Å². The summed E-state index contributed by atoms with van der Waals surface area (Å²) in [5.74, 6) is -0.598. The number of aromatic nitrogens is 1. The fourth-order valence-corrected chi connectivity index (χ4v) is 1.79. The minimum Gasteiger partial charge on any atom is -0.365 e. The Morgan fingerprint density at radius 3 is 2.80 bits per heavy atom. The summed E-state index contributed by atoms with van der Waals surface area (Å²) in [6.07, 6.45) is 1.53. The summed E-state index contributed by atoms with van der Waals surface area (Å²) in [5.41, 5.74) is 12.1. The molecule has 104 valence electrons. The minimum atomic E-state index is -0.584. The summed E-state index contributed by atoms with van der Waals surface area (Å²) in [6.45, 7) is 0.491. The number of nitrogens with one attached hydrogen (secondary N) is 1. The molecule has 0 unspecified atom stereocenters. The first-order chi connectivity index (χ1) is 9.61.